The van der Waals surface area contributed by atoms with E-state index in [1.165, 1.54) is 0 Å². The van der Waals surface area contributed by atoms with Gasteiger partial charge < -0.3 is 25.0 Å². The minimum atomic E-state index is -0.858. The minimum absolute atomic E-state index is 0.0225. The maximum atomic E-state index is 12.3. The molecule has 1 amide bonds. The summed E-state index contributed by atoms with van der Waals surface area (Å²) in [5.74, 6) is 1.39. The Balaban J connectivity index is 1.22. The molecule has 0 radical (unpaired) electrons. The number of benzene rings is 3. The number of fused-ring (bicyclic) bond motifs is 3. The molecule has 0 aromatic heterocycles. The third kappa shape index (κ3) is 6.02. The molecule has 3 N–H and O–H groups in total. The number of aliphatic hydroxyl groups excluding tert-OH is 2. The molecule has 1 heterocycles. The predicted octanol–water partition coefficient (Wildman–Crippen LogP) is 5.05. The number of rotatable bonds is 10. The van der Waals surface area contributed by atoms with Crippen LogP contribution in [0.1, 0.15) is 54.1 Å². The Morgan fingerprint density at radius 2 is 1.79 bits per heavy atom. The van der Waals surface area contributed by atoms with Crippen molar-refractivity contribution in [1.82, 2.24) is 5.32 Å². The smallest absolute Gasteiger partial charge is 0.251 e. The molecule has 6 heteroatoms. The highest BCUT2D eigenvalue weighted by Gasteiger charge is 2.49. The Labute approximate surface area is 230 Å². The van der Waals surface area contributed by atoms with Crippen LogP contribution < -0.4 is 14.8 Å². The first kappa shape index (κ1) is 27.0. The van der Waals surface area contributed by atoms with Gasteiger partial charge in [-0.25, -0.2) is 0 Å². The first-order valence-corrected chi connectivity index (χ1v) is 13.7. The Morgan fingerprint density at radius 1 is 1.08 bits per heavy atom. The highest BCUT2D eigenvalue weighted by Crippen LogP contribution is 2.52. The molecular weight excluding hydrogens is 490 g/mol. The second-order valence-electron chi connectivity index (χ2n) is 11.0. The molecule has 5 rings (SSSR count). The first-order valence-electron chi connectivity index (χ1n) is 13.7. The van der Waals surface area contributed by atoms with Crippen molar-refractivity contribution >= 4 is 5.91 Å². The number of hydrogen-bond donors (Lipinski definition) is 3. The summed E-state index contributed by atoms with van der Waals surface area (Å²) < 4.78 is 12.4. The number of hydrogen-bond acceptors (Lipinski definition) is 5. The van der Waals surface area contributed by atoms with Gasteiger partial charge in [0.1, 0.15) is 29.3 Å². The molecule has 1 aliphatic carbocycles. The maximum Gasteiger partial charge on any atom is 0.251 e. The second-order valence-corrected chi connectivity index (χ2v) is 11.0. The molecule has 2 aliphatic rings. The normalized spacial score (nSPS) is 22.7. The average molecular weight is 528 g/mol. The summed E-state index contributed by atoms with van der Waals surface area (Å²) in [6.07, 6.45) is 4.29. The summed E-state index contributed by atoms with van der Waals surface area (Å²) in [6.45, 7) is 4.28. The van der Waals surface area contributed by atoms with E-state index in [2.05, 4.69) is 17.4 Å². The van der Waals surface area contributed by atoms with Crippen LogP contribution >= 0.6 is 0 Å². The van der Waals surface area contributed by atoms with Gasteiger partial charge >= 0.3 is 0 Å². The van der Waals surface area contributed by atoms with Gasteiger partial charge in [-0.2, -0.15) is 0 Å². The lowest BCUT2D eigenvalue weighted by molar-refractivity contribution is -0.00221. The summed E-state index contributed by atoms with van der Waals surface area (Å²) in [6, 6.07) is 24.9. The Bertz CT molecular complexity index is 1290. The first-order chi connectivity index (χ1) is 18.8. The lowest BCUT2D eigenvalue weighted by Crippen LogP contribution is -2.41. The van der Waals surface area contributed by atoms with Crippen LogP contribution in [0.2, 0.25) is 0 Å². The molecule has 1 aliphatic heterocycles. The SMILES string of the molecule is CC(C)(Oc1ccccc1)[C@H](O)C=C[C@H]1[C@H](O)CC2Oc3c(CCCNC(=O)c4ccccc4)cccc3[C@@H]21. The summed E-state index contributed by atoms with van der Waals surface area (Å²) in [4.78, 5) is 12.3. The van der Waals surface area contributed by atoms with Crippen molar-refractivity contribution < 1.29 is 24.5 Å². The van der Waals surface area contributed by atoms with Crippen molar-refractivity contribution in [2.45, 2.75) is 62.9 Å². The fourth-order valence-electron chi connectivity index (χ4n) is 5.66. The minimum Gasteiger partial charge on any atom is -0.489 e. The van der Waals surface area contributed by atoms with Gasteiger partial charge in [0.15, 0.2) is 0 Å². The van der Waals surface area contributed by atoms with Gasteiger partial charge in [0.2, 0.25) is 0 Å². The van der Waals surface area contributed by atoms with Crippen molar-refractivity contribution in [2.75, 3.05) is 6.54 Å². The lowest BCUT2D eigenvalue weighted by atomic mass is 9.86. The predicted molar refractivity (Wildman–Crippen MR) is 151 cm³/mol. The van der Waals surface area contributed by atoms with Crippen LogP contribution in [0, 0.1) is 5.92 Å². The zero-order chi connectivity index (χ0) is 27.4. The monoisotopic (exact) mass is 527 g/mol. The molecule has 1 saturated carbocycles. The van der Waals surface area contributed by atoms with E-state index in [0.717, 1.165) is 29.7 Å². The van der Waals surface area contributed by atoms with Crippen LogP contribution in [0.25, 0.3) is 0 Å². The summed E-state index contributed by atoms with van der Waals surface area (Å²) in [5, 5.41) is 24.8. The molecule has 39 heavy (non-hydrogen) atoms. The highest BCUT2D eigenvalue weighted by atomic mass is 16.5. The fourth-order valence-corrected chi connectivity index (χ4v) is 5.66. The van der Waals surface area contributed by atoms with Gasteiger partial charge in [-0.15, -0.1) is 0 Å². The molecule has 0 bridgehead atoms. The van der Waals surface area contributed by atoms with E-state index in [1.807, 2.05) is 86.7 Å². The molecule has 0 saturated heterocycles. The molecule has 3 aromatic rings. The van der Waals surface area contributed by atoms with Crippen LogP contribution in [0.3, 0.4) is 0 Å². The van der Waals surface area contributed by atoms with Crippen molar-refractivity contribution in [1.29, 1.82) is 0 Å². The number of aliphatic hydroxyl groups is 2. The number of carbonyl (C=O) groups is 1. The van der Waals surface area contributed by atoms with Gasteiger partial charge in [0, 0.05) is 35.9 Å². The van der Waals surface area contributed by atoms with Crippen molar-refractivity contribution in [3.8, 4) is 11.5 Å². The van der Waals surface area contributed by atoms with Crippen LogP contribution in [0.15, 0.2) is 91.0 Å². The number of para-hydroxylation sites is 2. The number of carbonyl (C=O) groups excluding carboxylic acids is 1. The van der Waals surface area contributed by atoms with Crippen LogP contribution in [-0.2, 0) is 6.42 Å². The summed E-state index contributed by atoms with van der Waals surface area (Å²) >= 11 is 0. The largest absolute Gasteiger partial charge is 0.489 e. The van der Waals surface area contributed by atoms with E-state index >= 15 is 0 Å². The molecule has 3 aromatic carbocycles. The number of nitrogens with one attached hydrogen (secondary N) is 1. The van der Waals surface area contributed by atoms with Crippen molar-refractivity contribution in [3.63, 3.8) is 0 Å². The van der Waals surface area contributed by atoms with Crippen molar-refractivity contribution in [3.05, 3.63) is 108 Å². The lowest BCUT2D eigenvalue weighted by Gasteiger charge is -2.30. The zero-order valence-electron chi connectivity index (χ0n) is 22.5. The van der Waals surface area contributed by atoms with Crippen LogP contribution in [0.5, 0.6) is 11.5 Å². The van der Waals surface area contributed by atoms with E-state index in [-0.39, 0.29) is 23.8 Å². The van der Waals surface area contributed by atoms with E-state index in [4.69, 9.17) is 9.47 Å². The summed E-state index contributed by atoms with van der Waals surface area (Å²) in [5.41, 5.74) is 2.04. The van der Waals surface area contributed by atoms with Crippen LogP contribution in [-0.4, -0.2) is 46.6 Å². The maximum absolute atomic E-state index is 12.3. The topological polar surface area (TPSA) is 88.0 Å². The van der Waals surface area contributed by atoms with Crippen molar-refractivity contribution in [2.24, 2.45) is 5.92 Å². The van der Waals surface area contributed by atoms with Gasteiger partial charge in [-0.1, -0.05) is 66.7 Å². The number of ether oxygens (including phenoxy) is 2. The van der Waals surface area contributed by atoms with E-state index in [1.54, 1.807) is 6.08 Å². The van der Waals surface area contributed by atoms with Crippen LogP contribution in [0.4, 0.5) is 0 Å². The summed E-state index contributed by atoms with van der Waals surface area (Å²) in [7, 11) is 0. The standard InChI is InChI=1S/C33H37NO5/c1-33(2,39-24-15-7-4-8-16-24)29(36)19-18-25-27(35)21-28-30(25)26-17-9-13-22(31(26)38-28)14-10-20-34-32(37)23-11-5-3-6-12-23/h3-9,11-13,15-19,25,27-30,35-36H,10,14,20-21H2,1-2H3,(H,34,37)/t25-,27+,28?,29+,30-/m0/s1. The fraction of sp³-hybridized carbons (Fsp3) is 0.364. The molecule has 5 atom stereocenters. The molecule has 204 valence electrons. The Hall–Kier alpha value is -3.61. The average Bonchev–Trinajstić information content (AvgIpc) is 3.45. The Morgan fingerprint density at radius 3 is 2.54 bits per heavy atom. The Kier molecular flexibility index (Phi) is 8.05. The third-order valence-electron chi connectivity index (χ3n) is 7.79. The van der Waals surface area contributed by atoms with Gasteiger partial charge in [-0.3, -0.25) is 4.79 Å². The van der Waals surface area contributed by atoms with E-state index in [0.29, 0.717) is 24.3 Å². The van der Waals surface area contributed by atoms with Gasteiger partial charge in [0.25, 0.3) is 5.91 Å². The van der Waals surface area contributed by atoms with E-state index in [9.17, 15) is 15.0 Å². The third-order valence-corrected chi connectivity index (χ3v) is 7.79. The molecule has 1 fully saturated rings. The van der Waals surface area contributed by atoms with E-state index < -0.39 is 17.8 Å². The zero-order valence-corrected chi connectivity index (χ0v) is 22.5. The molecule has 6 nitrogen and oxygen atoms in total. The molecule has 1 unspecified atom stereocenters. The quantitative estimate of drug-likeness (QED) is 0.254. The number of aryl methyl sites for hydroxylation is 1. The molecular formula is C33H37NO5. The number of amides is 1. The van der Waals surface area contributed by atoms with Gasteiger partial charge in [0.05, 0.1) is 6.10 Å². The van der Waals surface area contributed by atoms with Gasteiger partial charge in [-0.05, 0) is 56.5 Å². The second kappa shape index (κ2) is 11.6. The molecule has 0 spiro atoms. The highest BCUT2D eigenvalue weighted by molar-refractivity contribution is 5.94.